The van der Waals surface area contributed by atoms with E-state index in [-0.39, 0.29) is 31.0 Å². The molecule has 0 saturated carbocycles. The summed E-state index contributed by atoms with van der Waals surface area (Å²) in [5.74, 6) is -2.68. The van der Waals surface area contributed by atoms with E-state index in [0.717, 1.165) is 5.56 Å². The predicted molar refractivity (Wildman–Crippen MR) is 89.8 cm³/mol. The van der Waals surface area contributed by atoms with Crippen molar-refractivity contribution in [1.29, 1.82) is 0 Å². The minimum atomic E-state index is -2.65. The Kier molecular flexibility index (Phi) is 5.34. The molecule has 0 aliphatic carbocycles. The molecule has 1 aromatic heterocycles. The van der Waals surface area contributed by atoms with E-state index in [1.54, 1.807) is 24.4 Å². The summed E-state index contributed by atoms with van der Waals surface area (Å²) >= 11 is 0. The Labute approximate surface area is 147 Å². The zero-order chi connectivity index (χ0) is 18.0. The van der Waals surface area contributed by atoms with E-state index in [9.17, 15) is 13.6 Å². The van der Waals surface area contributed by atoms with E-state index in [1.807, 2.05) is 17.9 Å². The second-order valence-electron chi connectivity index (χ2n) is 7.12. The van der Waals surface area contributed by atoms with Gasteiger partial charge < -0.3 is 9.64 Å². The fraction of sp³-hybridized carbons (Fsp3) is 0.667. The van der Waals surface area contributed by atoms with Gasteiger partial charge in [-0.3, -0.25) is 14.7 Å². The number of piperidine rings is 1. The highest BCUT2D eigenvalue weighted by atomic mass is 19.3. The van der Waals surface area contributed by atoms with E-state index in [2.05, 4.69) is 4.98 Å². The van der Waals surface area contributed by atoms with Crippen molar-refractivity contribution in [2.75, 3.05) is 33.4 Å². The molecule has 0 aromatic carbocycles. The lowest BCUT2D eigenvalue weighted by Crippen LogP contribution is -2.49. The number of methoxy groups -OCH3 is 1. The highest BCUT2D eigenvalue weighted by Crippen LogP contribution is 2.35. The molecule has 0 radical (unpaired) electrons. The number of hydrogen-bond acceptors (Lipinski definition) is 4. The molecule has 0 spiro atoms. The van der Waals surface area contributed by atoms with Crippen molar-refractivity contribution in [1.82, 2.24) is 14.8 Å². The highest BCUT2D eigenvalue weighted by Gasteiger charge is 2.47. The Morgan fingerprint density at radius 1 is 1.36 bits per heavy atom. The number of alkyl halides is 2. The third-order valence-corrected chi connectivity index (χ3v) is 5.12. The zero-order valence-electron chi connectivity index (χ0n) is 14.8. The molecule has 0 bridgehead atoms. The summed E-state index contributed by atoms with van der Waals surface area (Å²) in [6, 6.07) is 1.67. The molecule has 1 aromatic rings. The third kappa shape index (κ3) is 4.15. The number of carbonyl (C=O) groups is 1. The number of hydrogen-bond donors (Lipinski definition) is 0. The highest BCUT2D eigenvalue weighted by molar-refractivity contribution is 5.94. The first-order valence-corrected chi connectivity index (χ1v) is 8.73. The van der Waals surface area contributed by atoms with Gasteiger partial charge in [0.05, 0.1) is 18.7 Å². The molecule has 3 rings (SSSR count). The van der Waals surface area contributed by atoms with Crippen LogP contribution in [0.2, 0.25) is 0 Å². The van der Waals surface area contributed by atoms with Crippen molar-refractivity contribution in [3.8, 4) is 0 Å². The molecule has 2 fully saturated rings. The average molecular weight is 353 g/mol. The van der Waals surface area contributed by atoms with Crippen LogP contribution in [-0.4, -0.2) is 72.0 Å². The fourth-order valence-corrected chi connectivity index (χ4v) is 3.95. The summed E-state index contributed by atoms with van der Waals surface area (Å²) in [6.07, 6.45) is 4.57. The van der Waals surface area contributed by atoms with Crippen LogP contribution in [0.15, 0.2) is 18.5 Å². The number of likely N-dealkylation sites (tertiary alicyclic amines) is 2. The first kappa shape index (κ1) is 18.2. The lowest BCUT2D eigenvalue weighted by Gasteiger charge is -2.39. The van der Waals surface area contributed by atoms with Crippen molar-refractivity contribution < 1.29 is 18.3 Å². The number of halogens is 2. The molecule has 25 heavy (non-hydrogen) atoms. The van der Waals surface area contributed by atoms with E-state index >= 15 is 0 Å². The molecule has 7 heteroatoms. The fourth-order valence-electron chi connectivity index (χ4n) is 3.95. The number of ether oxygens (including phenoxy) is 1. The van der Waals surface area contributed by atoms with Gasteiger partial charge in [0.15, 0.2) is 0 Å². The number of pyridine rings is 1. The minimum absolute atomic E-state index is 0.0326. The van der Waals surface area contributed by atoms with Gasteiger partial charge in [-0.1, -0.05) is 0 Å². The lowest BCUT2D eigenvalue weighted by molar-refractivity contribution is 0.00285. The predicted octanol–water partition coefficient (Wildman–Crippen LogP) is 2.35. The van der Waals surface area contributed by atoms with Crippen LogP contribution < -0.4 is 0 Å². The van der Waals surface area contributed by atoms with Crippen LogP contribution in [0.25, 0.3) is 0 Å². The van der Waals surface area contributed by atoms with E-state index in [0.29, 0.717) is 38.1 Å². The number of aromatic nitrogens is 1. The smallest absolute Gasteiger partial charge is 0.262 e. The van der Waals surface area contributed by atoms with Gasteiger partial charge in [-0.2, -0.15) is 0 Å². The zero-order valence-corrected chi connectivity index (χ0v) is 14.8. The first-order chi connectivity index (χ1) is 11.9. The molecule has 1 atom stereocenters. The molecule has 2 aliphatic rings. The van der Waals surface area contributed by atoms with Gasteiger partial charge >= 0.3 is 0 Å². The molecule has 2 aliphatic heterocycles. The van der Waals surface area contributed by atoms with Gasteiger partial charge in [0.25, 0.3) is 11.8 Å². The Morgan fingerprint density at radius 2 is 2.08 bits per heavy atom. The lowest BCUT2D eigenvalue weighted by atomic mass is 10.0. The van der Waals surface area contributed by atoms with Crippen molar-refractivity contribution in [2.45, 2.75) is 44.2 Å². The van der Waals surface area contributed by atoms with Crippen molar-refractivity contribution in [3.05, 3.63) is 29.6 Å². The summed E-state index contributed by atoms with van der Waals surface area (Å²) in [5.41, 5.74) is 1.53. The van der Waals surface area contributed by atoms with Crippen molar-refractivity contribution in [2.24, 2.45) is 0 Å². The maximum Gasteiger partial charge on any atom is 0.262 e. The SMILES string of the molecule is COC[C@@H]1CC(F)(F)CN1C1CCN(C(=O)c2cncc(C)c2)CC1. The third-order valence-electron chi connectivity index (χ3n) is 5.12. The number of amides is 1. The van der Waals surface area contributed by atoms with Crippen LogP contribution in [0.1, 0.15) is 35.2 Å². The van der Waals surface area contributed by atoms with Gasteiger partial charge in [0.2, 0.25) is 0 Å². The maximum absolute atomic E-state index is 13.8. The van der Waals surface area contributed by atoms with Crippen LogP contribution in [0, 0.1) is 6.92 Å². The molecular formula is C18H25F2N3O2. The number of aryl methyl sites for hydroxylation is 1. The van der Waals surface area contributed by atoms with Crippen LogP contribution in [0.3, 0.4) is 0 Å². The summed E-state index contributed by atoms with van der Waals surface area (Å²) < 4.78 is 32.8. The summed E-state index contributed by atoms with van der Waals surface area (Å²) in [5, 5.41) is 0. The monoisotopic (exact) mass is 353 g/mol. The Hall–Kier alpha value is -1.60. The van der Waals surface area contributed by atoms with Crippen molar-refractivity contribution in [3.63, 3.8) is 0 Å². The molecule has 5 nitrogen and oxygen atoms in total. The van der Waals surface area contributed by atoms with Crippen LogP contribution in [-0.2, 0) is 4.74 Å². The quantitative estimate of drug-likeness (QED) is 0.834. The molecular weight excluding hydrogens is 328 g/mol. The largest absolute Gasteiger partial charge is 0.383 e. The number of nitrogens with zero attached hydrogens (tertiary/aromatic N) is 3. The van der Waals surface area contributed by atoms with Crippen LogP contribution in [0.5, 0.6) is 0 Å². The summed E-state index contributed by atoms with van der Waals surface area (Å²) in [7, 11) is 1.55. The minimum Gasteiger partial charge on any atom is -0.383 e. The van der Waals surface area contributed by atoms with Gasteiger partial charge in [-0.15, -0.1) is 0 Å². The average Bonchev–Trinajstić information content (AvgIpc) is 2.89. The Balaban J connectivity index is 1.60. The summed E-state index contributed by atoms with van der Waals surface area (Å²) in [6.45, 7) is 3.18. The molecule has 3 heterocycles. The maximum atomic E-state index is 13.8. The second kappa shape index (κ2) is 7.33. The molecule has 0 N–H and O–H groups in total. The van der Waals surface area contributed by atoms with Gasteiger partial charge in [-0.05, 0) is 31.4 Å². The van der Waals surface area contributed by atoms with E-state index in [4.69, 9.17) is 4.74 Å². The van der Waals surface area contributed by atoms with Crippen molar-refractivity contribution >= 4 is 5.91 Å². The standard InChI is InChI=1S/C18H25F2N3O2/c1-13-7-14(10-21-9-13)17(24)22-5-3-15(4-6-22)23-12-18(19,20)8-16(23)11-25-2/h7,9-10,15-16H,3-6,8,11-12H2,1-2H3/t16-/m0/s1. The first-order valence-electron chi connectivity index (χ1n) is 8.73. The van der Waals surface area contributed by atoms with E-state index < -0.39 is 5.92 Å². The topological polar surface area (TPSA) is 45.7 Å². The van der Waals surface area contributed by atoms with Crippen LogP contribution >= 0.6 is 0 Å². The van der Waals surface area contributed by atoms with Gasteiger partial charge in [0, 0.05) is 51.1 Å². The Morgan fingerprint density at radius 3 is 2.72 bits per heavy atom. The van der Waals surface area contributed by atoms with Gasteiger partial charge in [-0.25, -0.2) is 8.78 Å². The second-order valence-corrected chi connectivity index (χ2v) is 7.12. The number of carbonyl (C=O) groups excluding carboxylic acids is 1. The Bertz CT molecular complexity index is 618. The molecule has 138 valence electrons. The molecule has 2 saturated heterocycles. The number of rotatable bonds is 4. The van der Waals surface area contributed by atoms with Crippen LogP contribution in [0.4, 0.5) is 8.78 Å². The van der Waals surface area contributed by atoms with Gasteiger partial charge in [0.1, 0.15) is 0 Å². The molecule has 1 amide bonds. The summed E-state index contributed by atoms with van der Waals surface area (Å²) in [4.78, 5) is 20.3. The molecule has 0 unspecified atom stereocenters. The van der Waals surface area contributed by atoms with E-state index in [1.165, 1.54) is 0 Å². The normalized spacial score (nSPS) is 24.6.